The van der Waals surface area contributed by atoms with Crippen molar-refractivity contribution < 1.29 is 13.7 Å². The van der Waals surface area contributed by atoms with E-state index in [1.807, 2.05) is 0 Å². The van der Waals surface area contributed by atoms with Crippen LogP contribution >= 0.6 is 0 Å². The lowest BCUT2D eigenvalue weighted by Crippen LogP contribution is -1.96. The molecule has 4 nitrogen and oxygen atoms in total. The van der Waals surface area contributed by atoms with Gasteiger partial charge in [0.15, 0.2) is 0 Å². The number of rotatable bonds is 3. The van der Waals surface area contributed by atoms with Crippen molar-refractivity contribution in [3.05, 3.63) is 29.8 Å². The van der Waals surface area contributed by atoms with E-state index in [9.17, 15) is 4.39 Å². The van der Waals surface area contributed by atoms with Crippen molar-refractivity contribution >= 4 is 5.88 Å². The van der Waals surface area contributed by atoms with E-state index in [0.29, 0.717) is 22.6 Å². The number of alkyl halides is 1. The molecule has 2 aromatic rings. The van der Waals surface area contributed by atoms with Gasteiger partial charge in [0.2, 0.25) is 5.88 Å². The van der Waals surface area contributed by atoms with Crippen LogP contribution in [0.4, 0.5) is 10.3 Å². The number of hydrogen-bond acceptors (Lipinski definition) is 4. The normalized spacial score (nSPS) is 12.4. The number of hydrogen-bond donors (Lipinski definition) is 1. The first kappa shape index (κ1) is 11.4. The molecule has 1 heterocycles. The molecular weight excluding hydrogens is 223 g/mol. The van der Waals surface area contributed by atoms with Crippen LogP contribution in [0.5, 0.6) is 5.75 Å². The van der Waals surface area contributed by atoms with Gasteiger partial charge in [-0.05, 0) is 13.0 Å². The molecule has 1 unspecified atom stereocenters. The largest absolute Gasteiger partial charge is 0.496 e. The fourth-order valence-electron chi connectivity index (χ4n) is 1.71. The molecule has 0 spiro atoms. The number of benzene rings is 1. The Bertz CT molecular complexity index is 523. The van der Waals surface area contributed by atoms with E-state index in [1.165, 1.54) is 14.0 Å². The fourth-order valence-corrected chi connectivity index (χ4v) is 1.71. The minimum atomic E-state index is -1.12. The molecule has 0 aliphatic rings. The molecule has 17 heavy (non-hydrogen) atoms. The lowest BCUT2D eigenvalue weighted by Gasteiger charge is -2.12. The van der Waals surface area contributed by atoms with E-state index in [1.54, 1.807) is 24.3 Å². The lowest BCUT2D eigenvalue weighted by molar-refractivity contribution is 0.347. The van der Waals surface area contributed by atoms with Crippen molar-refractivity contribution in [1.29, 1.82) is 0 Å². The molecular formula is C12H13FN2O2. The number of nitrogen functional groups attached to an aromatic ring is 1. The van der Waals surface area contributed by atoms with Crippen LogP contribution in [0.3, 0.4) is 0 Å². The van der Waals surface area contributed by atoms with E-state index in [4.69, 9.17) is 15.0 Å². The third-order valence-electron chi connectivity index (χ3n) is 2.48. The highest BCUT2D eigenvalue weighted by molar-refractivity contribution is 5.70. The summed E-state index contributed by atoms with van der Waals surface area (Å²) in [5, 5.41) is 3.79. The standard InChI is InChI=1S/C12H13FN2O2/c1-7(13)8-4-3-5-9(12(8)16-2)10-6-11(14)17-15-10/h3-7H,14H2,1-2H3. The van der Waals surface area contributed by atoms with Crippen LogP contribution in [0.15, 0.2) is 28.8 Å². The first-order valence-electron chi connectivity index (χ1n) is 5.17. The molecule has 2 N–H and O–H groups in total. The van der Waals surface area contributed by atoms with Gasteiger partial charge in [-0.3, -0.25) is 0 Å². The van der Waals surface area contributed by atoms with E-state index in [2.05, 4.69) is 5.16 Å². The minimum absolute atomic E-state index is 0.209. The maximum atomic E-state index is 13.4. The third-order valence-corrected chi connectivity index (χ3v) is 2.48. The van der Waals surface area contributed by atoms with E-state index in [0.717, 1.165) is 0 Å². The number of nitrogens with two attached hydrogens (primary N) is 1. The summed E-state index contributed by atoms with van der Waals surface area (Å²) < 4.78 is 23.5. The minimum Gasteiger partial charge on any atom is -0.496 e. The highest BCUT2D eigenvalue weighted by Gasteiger charge is 2.17. The predicted molar refractivity (Wildman–Crippen MR) is 62.4 cm³/mol. The third kappa shape index (κ3) is 2.08. The second-order valence-corrected chi connectivity index (χ2v) is 3.66. The molecule has 0 aliphatic heterocycles. The molecule has 0 bridgehead atoms. The molecule has 2 rings (SSSR count). The van der Waals surface area contributed by atoms with Gasteiger partial charge in [-0.25, -0.2) is 4.39 Å². The second-order valence-electron chi connectivity index (χ2n) is 3.66. The van der Waals surface area contributed by atoms with Crippen molar-refractivity contribution in [2.45, 2.75) is 13.1 Å². The molecule has 90 valence electrons. The Morgan fingerprint density at radius 3 is 2.76 bits per heavy atom. The van der Waals surface area contributed by atoms with Crippen LogP contribution < -0.4 is 10.5 Å². The second kappa shape index (κ2) is 4.45. The van der Waals surface area contributed by atoms with Gasteiger partial charge in [0.25, 0.3) is 0 Å². The van der Waals surface area contributed by atoms with Gasteiger partial charge in [0, 0.05) is 17.2 Å². The average Bonchev–Trinajstić information content (AvgIpc) is 2.74. The molecule has 0 saturated heterocycles. The molecule has 0 fully saturated rings. The van der Waals surface area contributed by atoms with E-state index in [-0.39, 0.29) is 5.88 Å². The van der Waals surface area contributed by atoms with Crippen molar-refractivity contribution in [2.75, 3.05) is 12.8 Å². The summed E-state index contributed by atoms with van der Waals surface area (Å²) in [5.41, 5.74) is 7.13. The van der Waals surface area contributed by atoms with Gasteiger partial charge >= 0.3 is 0 Å². The molecule has 1 aromatic heterocycles. The van der Waals surface area contributed by atoms with Gasteiger partial charge in [-0.1, -0.05) is 17.3 Å². The topological polar surface area (TPSA) is 61.3 Å². The zero-order chi connectivity index (χ0) is 12.4. The number of halogens is 1. The maximum Gasteiger partial charge on any atom is 0.222 e. The molecule has 0 amide bonds. The summed E-state index contributed by atoms with van der Waals surface area (Å²) in [5.74, 6) is 0.663. The zero-order valence-corrected chi connectivity index (χ0v) is 9.61. The maximum absolute atomic E-state index is 13.4. The molecule has 0 radical (unpaired) electrons. The Labute approximate surface area is 98.2 Å². The average molecular weight is 236 g/mol. The Kier molecular flexibility index (Phi) is 2.99. The fraction of sp³-hybridized carbons (Fsp3) is 0.250. The Morgan fingerprint density at radius 1 is 1.47 bits per heavy atom. The smallest absolute Gasteiger partial charge is 0.222 e. The molecule has 0 saturated carbocycles. The monoisotopic (exact) mass is 236 g/mol. The quantitative estimate of drug-likeness (QED) is 0.889. The van der Waals surface area contributed by atoms with Crippen LogP contribution in [0.2, 0.25) is 0 Å². The van der Waals surface area contributed by atoms with Crippen LogP contribution in [0, 0.1) is 0 Å². The van der Waals surface area contributed by atoms with E-state index < -0.39 is 6.17 Å². The Morgan fingerprint density at radius 2 is 2.24 bits per heavy atom. The summed E-state index contributed by atoms with van der Waals surface area (Å²) in [6.07, 6.45) is -1.12. The molecule has 1 atom stereocenters. The highest BCUT2D eigenvalue weighted by Crippen LogP contribution is 2.36. The number of aromatic nitrogens is 1. The van der Waals surface area contributed by atoms with Crippen molar-refractivity contribution in [2.24, 2.45) is 0 Å². The molecule has 1 aromatic carbocycles. The number of para-hydroxylation sites is 1. The first-order valence-corrected chi connectivity index (χ1v) is 5.17. The SMILES string of the molecule is COc1c(-c2cc(N)on2)cccc1C(C)F. The van der Waals surface area contributed by atoms with Gasteiger partial charge in [-0.15, -0.1) is 0 Å². The summed E-state index contributed by atoms with van der Waals surface area (Å²) in [4.78, 5) is 0. The lowest BCUT2D eigenvalue weighted by atomic mass is 10.0. The van der Waals surface area contributed by atoms with Gasteiger partial charge in [0.1, 0.15) is 17.6 Å². The van der Waals surface area contributed by atoms with Gasteiger partial charge < -0.3 is 15.0 Å². The van der Waals surface area contributed by atoms with Gasteiger partial charge in [0.05, 0.1) is 7.11 Å². The zero-order valence-electron chi connectivity index (χ0n) is 9.61. The Hall–Kier alpha value is -2.04. The van der Waals surface area contributed by atoms with Crippen molar-refractivity contribution in [1.82, 2.24) is 5.16 Å². The van der Waals surface area contributed by atoms with Crippen LogP contribution in [0.25, 0.3) is 11.3 Å². The molecule has 0 aliphatic carbocycles. The number of nitrogens with zero attached hydrogens (tertiary/aromatic N) is 1. The van der Waals surface area contributed by atoms with Crippen molar-refractivity contribution in [3.8, 4) is 17.0 Å². The highest BCUT2D eigenvalue weighted by atomic mass is 19.1. The molecule has 5 heteroatoms. The number of ether oxygens (including phenoxy) is 1. The van der Waals surface area contributed by atoms with Gasteiger partial charge in [-0.2, -0.15) is 0 Å². The predicted octanol–water partition coefficient (Wildman–Crippen LogP) is 2.96. The summed E-state index contributed by atoms with van der Waals surface area (Å²) >= 11 is 0. The summed E-state index contributed by atoms with van der Waals surface area (Å²) in [7, 11) is 1.49. The van der Waals surface area contributed by atoms with Crippen molar-refractivity contribution in [3.63, 3.8) is 0 Å². The van der Waals surface area contributed by atoms with E-state index >= 15 is 0 Å². The summed E-state index contributed by atoms with van der Waals surface area (Å²) in [6.45, 7) is 1.46. The Balaban J connectivity index is 2.58. The van der Waals surface area contributed by atoms with Crippen LogP contribution in [-0.2, 0) is 0 Å². The number of anilines is 1. The first-order chi connectivity index (χ1) is 8.13. The van der Waals surface area contributed by atoms with Crippen LogP contribution in [0.1, 0.15) is 18.7 Å². The number of methoxy groups -OCH3 is 1. The summed E-state index contributed by atoms with van der Waals surface area (Å²) in [6, 6.07) is 6.77. The van der Waals surface area contributed by atoms with Crippen LogP contribution in [-0.4, -0.2) is 12.3 Å².